The van der Waals surface area contributed by atoms with Gasteiger partial charge in [-0.25, -0.2) is 19.2 Å². The Labute approximate surface area is 247 Å². The summed E-state index contributed by atoms with van der Waals surface area (Å²) in [6, 6.07) is 32.7. The zero-order valence-electron chi connectivity index (χ0n) is 23.1. The quantitative estimate of drug-likeness (QED) is 0.203. The molecule has 9 heteroatoms. The van der Waals surface area contributed by atoms with E-state index in [9.17, 15) is 19.2 Å². The van der Waals surface area contributed by atoms with Crippen LogP contribution in [-0.2, 0) is 23.7 Å². The molecule has 1 aliphatic heterocycles. The molecule has 0 N–H and O–H groups in total. The molecule has 0 amide bonds. The molecule has 5 atom stereocenters. The highest BCUT2D eigenvalue weighted by atomic mass is 16.7. The van der Waals surface area contributed by atoms with Crippen molar-refractivity contribution in [2.24, 2.45) is 0 Å². The standard InChI is InChI=1S/C34H28O9/c1-22-27(40-30(35)23-14-6-2-7-15-23)28(41-31(36)24-16-8-3-9-17-24)29(42-32(37)25-18-10-4-11-19-25)34(39-22)43-33(38)26-20-12-5-13-21-26/h2-22,27-29,34H,1H3/t22-,27-,28+,29-,34?/m1/s1. The van der Waals surface area contributed by atoms with Gasteiger partial charge < -0.3 is 23.7 Å². The number of ether oxygens (including phenoxy) is 5. The molecule has 43 heavy (non-hydrogen) atoms. The van der Waals surface area contributed by atoms with Gasteiger partial charge in [0, 0.05) is 0 Å². The van der Waals surface area contributed by atoms with E-state index in [4.69, 9.17) is 23.7 Å². The Morgan fingerprint density at radius 1 is 0.442 bits per heavy atom. The molecule has 0 spiro atoms. The van der Waals surface area contributed by atoms with Crippen molar-refractivity contribution in [3.63, 3.8) is 0 Å². The number of hydrogen-bond donors (Lipinski definition) is 0. The average Bonchev–Trinajstić information content (AvgIpc) is 3.05. The molecule has 1 heterocycles. The molecule has 218 valence electrons. The first kappa shape index (κ1) is 29.2. The molecule has 0 saturated carbocycles. The normalized spacial score (nSPS) is 21.2. The van der Waals surface area contributed by atoms with E-state index in [1.807, 2.05) is 0 Å². The van der Waals surface area contributed by atoms with Crippen molar-refractivity contribution in [1.29, 1.82) is 0 Å². The summed E-state index contributed by atoms with van der Waals surface area (Å²) >= 11 is 0. The van der Waals surface area contributed by atoms with Crippen molar-refractivity contribution < 1.29 is 42.9 Å². The Balaban J connectivity index is 1.51. The Morgan fingerprint density at radius 2 is 0.744 bits per heavy atom. The fourth-order valence-corrected chi connectivity index (χ4v) is 4.54. The second-order valence-corrected chi connectivity index (χ2v) is 9.69. The van der Waals surface area contributed by atoms with Gasteiger partial charge in [0.05, 0.1) is 28.4 Å². The van der Waals surface area contributed by atoms with Gasteiger partial charge in [0.15, 0.2) is 12.2 Å². The Kier molecular flexibility index (Phi) is 9.23. The maximum Gasteiger partial charge on any atom is 0.340 e. The summed E-state index contributed by atoms with van der Waals surface area (Å²) in [6.45, 7) is 1.57. The molecule has 4 aromatic carbocycles. The minimum absolute atomic E-state index is 0.195. The average molecular weight is 581 g/mol. The van der Waals surface area contributed by atoms with Gasteiger partial charge in [-0.1, -0.05) is 72.8 Å². The molecule has 1 fully saturated rings. The third kappa shape index (κ3) is 7.14. The van der Waals surface area contributed by atoms with Gasteiger partial charge in [0.2, 0.25) is 12.4 Å². The van der Waals surface area contributed by atoms with Gasteiger partial charge in [-0.3, -0.25) is 0 Å². The zero-order chi connectivity index (χ0) is 30.2. The maximum atomic E-state index is 13.3. The smallest absolute Gasteiger partial charge is 0.340 e. The van der Waals surface area contributed by atoms with E-state index >= 15 is 0 Å². The molecule has 0 radical (unpaired) electrons. The maximum absolute atomic E-state index is 13.3. The fraction of sp³-hybridized carbons (Fsp3) is 0.176. The van der Waals surface area contributed by atoms with Crippen LogP contribution >= 0.6 is 0 Å². The molecule has 5 rings (SSSR count). The summed E-state index contributed by atoms with van der Waals surface area (Å²) in [7, 11) is 0. The van der Waals surface area contributed by atoms with Gasteiger partial charge in [-0.15, -0.1) is 0 Å². The largest absolute Gasteiger partial charge is 0.452 e. The first-order valence-electron chi connectivity index (χ1n) is 13.6. The molecule has 1 aliphatic rings. The Hall–Kier alpha value is -5.28. The lowest BCUT2D eigenvalue weighted by Crippen LogP contribution is -2.61. The summed E-state index contributed by atoms with van der Waals surface area (Å²) in [5.41, 5.74) is 0.876. The summed E-state index contributed by atoms with van der Waals surface area (Å²) in [6.07, 6.45) is -6.67. The number of benzene rings is 4. The lowest BCUT2D eigenvalue weighted by molar-refractivity contribution is -0.274. The molecule has 0 bridgehead atoms. The van der Waals surface area contributed by atoms with Crippen LogP contribution in [0.1, 0.15) is 48.4 Å². The van der Waals surface area contributed by atoms with Gasteiger partial charge >= 0.3 is 23.9 Å². The van der Waals surface area contributed by atoms with Crippen molar-refractivity contribution in [3.05, 3.63) is 144 Å². The summed E-state index contributed by atoms with van der Waals surface area (Å²) in [5.74, 6) is -3.03. The minimum Gasteiger partial charge on any atom is -0.452 e. The van der Waals surface area contributed by atoms with Crippen LogP contribution in [0.5, 0.6) is 0 Å². The van der Waals surface area contributed by atoms with E-state index in [0.29, 0.717) is 0 Å². The third-order valence-corrected chi connectivity index (χ3v) is 6.72. The number of hydrogen-bond acceptors (Lipinski definition) is 9. The van der Waals surface area contributed by atoms with Crippen molar-refractivity contribution in [1.82, 2.24) is 0 Å². The highest BCUT2D eigenvalue weighted by Gasteiger charge is 2.53. The summed E-state index contributed by atoms with van der Waals surface area (Å²) < 4.78 is 29.2. The van der Waals surface area contributed by atoms with Gasteiger partial charge in [0.25, 0.3) is 0 Å². The van der Waals surface area contributed by atoms with Crippen molar-refractivity contribution in [3.8, 4) is 0 Å². The molecule has 1 unspecified atom stereocenters. The van der Waals surface area contributed by atoms with Gasteiger partial charge in [0.1, 0.15) is 0 Å². The first-order valence-corrected chi connectivity index (χ1v) is 13.6. The van der Waals surface area contributed by atoms with Crippen LogP contribution in [0.25, 0.3) is 0 Å². The Bertz CT molecular complexity index is 1540. The third-order valence-electron chi connectivity index (χ3n) is 6.72. The second kappa shape index (κ2) is 13.6. The van der Waals surface area contributed by atoms with Crippen LogP contribution in [0, 0.1) is 0 Å². The van der Waals surface area contributed by atoms with E-state index in [1.54, 1.807) is 116 Å². The van der Waals surface area contributed by atoms with Gasteiger partial charge in [-0.2, -0.15) is 0 Å². The number of carbonyl (C=O) groups excluding carboxylic acids is 4. The van der Waals surface area contributed by atoms with Gasteiger partial charge in [-0.05, 0) is 55.5 Å². The molecule has 0 aromatic heterocycles. The number of esters is 4. The van der Waals surface area contributed by atoms with Crippen LogP contribution < -0.4 is 0 Å². The monoisotopic (exact) mass is 580 g/mol. The van der Waals surface area contributed by atoms with Crippen LogP contribution in [0.2, 0.25) is 0 Å². The first-order chi connectivity index (χ1) is 20.9. The molecule has 9 nitrogen and oxygen atoms in total. The van der Waals surface area contributed by atoms with Crippen LogP contribution in [0.4, 0.5) is 0 Å². The highest BCUT2D eigenvalue weighted by molar-refractivity contribution is 5.92. The fourth-order valence-electron chi connectivity index (χ4n) is 4.54. The van der Waals surface area contributed by atoms with Crippen LogP contribution in [-0.4, -0.2) is 54.6 Å². The van der Waals surface area contributed by atoms with E-state index < -0.39 is 54.6 Å². The van der Waals surface area contributed by atoms with Crippen molar-refractivity contribution >= 4 is 23.9 Å². The van der Waals surface area contributed by atoms with E-state index in [2.05, 4.69) is 0 Å². The molecular weight excluding hydrogens is 552 g/mol. The lowest BCUT2D eigenvalue weighted by Gasteiger charge is -2.43. The van der Waals surface area contributed by atoms with Crippen molar-refractivity contribution in [2.75, 3.05) is 0 Å². The van der Waals surface area contributed by atoms with E-state index in [-0.39, 0.29) is 22.3 Å². The topological polar surface area (TPSA) is 114 Å². The lowest BCUT2D eigenvalue weighted by atomic mass is 9.98. The van der Waals surface area contributed by atoms with Crippen molar-refractivity contribution in [2.45, 2.75) is 37.6 Å². The van der Waals surface area contributed by atoms with E-state index in [0.717, 1.165) is 0 Å². The number of carbonyl (C=O) groups is 4. The molecule has 4 aromatic rings. The Morgan fingerprint density at radius 3 is 1.12 bits per heavy atom. The zero-order valence-corrected chi connectivity index (χ0v) is 23.1. The summed E-state index contributed by atoms with van der Waals surface area (Å²) in [4.78, 5) is 52.8. The summed E-state index contributed by atoms with van der Waals surface area (Å²) in [5, 5.41) is 0. The highest BCUT2D eigenvalue weighted by Crippen LogP contribution is 2.31. The number of rotatable bonds is 8. The van der Waals surface area contributed by atoms with E-state index in [1.165, 1.54) is 12.1 Å². The molecule has 1 saturated heterocycles. The van der Waals surface area contributed by atoms with Crippen LogP contribution in [0.15, 0.2) is 121 Å². The molecular formula is C34H28O9. The second-order valence-electron chi connectivity index (χ2n) is 9.69. The minimum atomic E-state index is -1.52. The SMILES string of the molecule is C[C@H]1OC(OC(=O)c2ccccc2)[C@H](OC(=O)c2ccccc2)[C@@H](OC(=O)c2ccccc2)[C@@H]1OC(=O)c1ccccc1. The van der Waals surface area contributed by atoms with Crippen LogP contribution in [0.3, 0.4) is 0 Å². The molecule has 0 aliphatic carbocycles. The predicted octanol–water partition coefficient (Wildman–Crippen LogP) is 5.27. The predicted molar refractivity (Wildman–Crippen MR) is 153 cm³/mol.